The van der Waals surface area contributed by atoms with E-state index in [1.165, 1.54) is 103 Å². The van der Waals surface area contributed by atoms with Crippen LogP contribution in [0.4, 0.5) is 0 Å². The first kappa shape index (κ1) is 35.5. The highest BCUT2D eigenvalue weighted by molar-refractivity contribution is 6.64. The number of hydrogen-bond donors (Lipinski definition) is 1. The molecular weight excluding hydrogens is 450 g/mol. The monoisotopic (exact) mass is 509 g/mol. The van der Waals surface area contributed by atoms with Crippen LogP contribution in [0.5, 0.6) is 0 Å². The molecule has 0 unspecified atom stereocenters. The van der Waals surface area contributed by atoms with Crippen LogP contribution in [0.1, 0.15) is 136 Å². The first-order valence-electron chi connectivity index (χ1n) is 13.9. The number of halogens is 1. The lowest BCUT2D eigenvalue weighted by Gasteiger charge is -2.44. The summed E-state index contributed by atoms with van der Waals surface area (Å²) in [6, 6.07) is 0. The summed E-state index contributed by atoms with van der Waals surface area (Å²) in [7, 11) is 4.70. The van der Waals surface area contributed by atoms with Gasteiger partial charge in [0.05, 0.1) is 0 Å². The van der Waals surface area contributed by atoms with Gasteiger partial charge in [0.1, 0.15) is 0 Å². The van der Waals surface area contributed by atoms with Gasteiger partial charge in [0, 0.05) is 26.4 Å². The Morgan fingerprint density at radius 1 is 0.545 bits per heavy atom. The summed E-state index contributed by atoms with van der Waals surface area (Å²) in [5.41, 5.74) is 0. The van der Waals surface area contributed by atoms with Gasteiger partial charge in [-0.1, -0.05) is 117 Å². The summed E-state index contributed by atoms with van der Waals surface area (Å²) in [6.07, 6.45) is 25.0. The normalized spacial score (nSPS) is 12.2. The lowest BCUT2D eigenvalue weighted by Crippen LogP contribution is -2.55. The fraction of sp³-hybridized carbons (Fsp3) is 1.00. The minimum atomic E-state index is -2.75. The van der Waals surface area contributed by atoms with Crippen LogP contribution in [-0.2, 0) is 13.3 Å². The van der Waals surface area contributed by atoms with Crippen LogP contribution < -0.4 is 5.32 Å². The maximum absolute atomic E-state index is 6.11. The van der Waals surface area contributed by atoms with Crippen molar-refractivity contribution in [3.8, 4) is 0 Å². The van der Waals surface area contributed by atoms with Gasteiger partial charge in [0.25, 0.3) is 0 Å². The molecule has 0 atom stereocenters. The standard InChI is InChI=1S/C27H59NO3Si.ClH/c1-7-9-11-13-15-17-19-21-23-27(25-26-28-3,32(29-4,30-5)31-6)24-22-20-18-16-14-12-10-8-2;/h28H,7-26H2,1-6H3;1H. The lowest BCUT2D eigenvalue weighted by molar-refractivity contribution is 0.0777. The van der Waals surface area contributed by atoms with E-state index < -0.39 is 8.80 Å². The molecule has 0 rings (SSSR count). The summed E-state index contributed by atoms with van der Waals surface area (Å²) >= 11 is 0. The van der Waals surface area contributed by atoms with Crippen molar-refractivity contribution in [2.24, 2.45) is 0 Å². The largest absolute Gasteiger partial charge is 0.506 e. The van der Waals surface area contributed by atoms with Crippen molar-refractivity contribution in [2.45, 2.75) is 141 Å². The summed E-state index contributed by atoms with van der Waals surface area (Å²) in [5, 5.41) is 3.40. The van der Waals surface area contributed by atoms with Crippen LogP contribution in [0, 0.1) is 0 Å². The van der Waals surface area contributed by atoms with Crippen molar-refractivity contribution in [3.63, 3.8) is 0 Å². The molecule has 0 saturated carbocycles. The van der Waals surface area contributed by atoms with E-state index in [9.17, 15) is 0 Å². The SMILES string of the molecule is CCCCCCCCCCC(CCCCCCCCCC)(CCNC)[Si](OC)(OC)OC.Cl. The average Bonchev–Trinajstić information content (AvgIpc) is 2.82. The Morgan fingerprint density at radius 2 is 0.879 bits per heavy atom. The third-order valence-corrected chi connectivity index (χ3v) is 11.0. The molecular formula is C27H60ClNO3Si. The molecule has 0 aliphatic heterocycles. The molecule has 0 aliphatic rings. The number of rotatable bonds is 25. The Hall–Kier alpha value is 0.347. The number of nitrogens with one attached hydrogen (secondary N) is 1. The summed E-state index contributed by atoms with van der Waals surface area (Å²) in [5.74, 6) is 0. The molecule has 4 nitrogen and oxygen atoms in total. The van der Waals surface area contributed by atoms with Crippen molar-refractivity contribution in [1.82, 2.24) is 5.32 Å². The molecule has 0 aliphatic carbocycles. The molecule has 0 fully saturated rings. The van der Waals surface area contributed by atoms with Crippen LogP contribution in [0.25, 0.3) is 0 Å². The Bertz CT molecular complexity index is 369. The maximum Gasteiger partial charge on any atom is 0.506 e. The molecule has 6 heteroatoms. The Balaban J connectivity index is 0. The number of hydrogen-bond acceptors (Lipinski definition) is 4. The van der Waals surface area contributed by atoms with E-state index in [2.05, 4.69) is 19.2 Å². The smallest absolute Gasteiger partial charge is 0.377 e. The third-order valence-electron chi connectivity index (χ3n) is 7.33. The third kappa shape index (κ3) is 14.5. The fourth-order valence-electron chi connectivity index (χ4n) is 5.29. The molecule has 0 spiro atoms. The van der Waals surface area contributed by atoms with Crippen molar-refractivity contribution >= 4 is 21.2 Å². The van der Waals surface area contributed by atoms with Gasteiger partial charge in [-0.3, -0.25) is 0 Å². The van der Waals surface area contributed by atoms with E-state index >= 15 is 0 Å². The zero-order chi connectivity index (χ0) is 24.0. The average molecular weight is 510 g/mol. The van der Waals surface area contributed by atoms with E-state index in [4.69, 9.17) is 13.3 Å². The molecule has 0 bridgehead atoms. The van der Waals surface area contributed by atoms with E-state index in [1.54, 1.807) is 21.3 Å². The van der Waals surface area contributed by atoms with Crippen molar-refractivity contribution in [1.29, 1.82) is 0 Å². The van der Waals surface area contributed by atoms with Crippen molar-refractivity contribution in [2.75, 3.05) is 34.9 Å². The second-order valence-corrected chi connectivity index (χ2v) is 13.1. The van der Waals surface area contributed by atoms with E-state index in [1.807, 2.05) is 7.05 Å². The molecule has 33 heavy (non-hydrogen) atoms. The van der Waals surface area contributed by atoms with Gasteiger partial charge in [-0.15, -0.1) is 12.4 Å². The summed E-state index contributed by atoms with van der Waals surface area (Å²) < 4.78 is 18.3. The molecule has 1 N–H and O–H groups in total. The summed E-state index contributed by atoms with van der Waals surface area (Å²) in [4.78, 5) is 0. The lowest BCUT2D eigenvalue weighted by atomic mass is 9.90. The predicted octanol–water partition coefficient (Wildman–Crippen LogP) is 8.70. The van der Waals surface area contributed by atoms with Gasteiger partial charge in [-0.2, -0.15) is 0 Å². The second kappa shape index (κ2) is 24.1. The minimum absolute atomic E-state index is 0. The van der Waals surface area contributed by atoms with Crippen molar-refractivity contribution < 1.29 is 13.3 Å². The molecule has 0 aromatic rings. The second-order valence-electron chi connectivity index (χ2n) is 9.75. The molecule has 0 radical (unpaired) electrons. The molecule has 0 amide bonds. The first-order chi connectivity index (χ1) is 15.6. The van der Waals surface area contributed by atoms with Gasteiger partial charge < -0.3 is 18.6 Å². The Labute approximate surface area is 215 Å². The minimum Gasteiger partial charge on any atom is -0.377 e. The van der Waals surface area contributed by atoms with Crippen LogP contribution in [-0.4, -0.2) is 43.7 Å². The van der Waals surface area contributed by atoms with E-state index in [0.29, 0.717) is 0 Å². The molecule has 0 saturated heterocycles. The Kier molecular flexibility index (Phi) is 25.9. The molecule has 202 valence electrons. The molecule has 0 aromatic carbocycles. The molecule has 0 aromatic heterocycles. The summed E-state index contributed by atoms with van der Waals surface area (Å²) in [6.45, 7) is 5.56. The van der Waals surface area contributed by atoms with E-state index in [0.717, 1.165) is 25.8 Å². The zero-order valence-electron chi connectivity index (χ0n) is 23.3. The quantitative estimate of drug-likeness (QED) is 0.0985. The topological polar surface area (TPSA) is 39.7 Å². The van der Waals surface area contributed by atoms with Gasteiger partial charge >= 0.3 is 8.80 Å². The van der Waals surface area contributed by atoms with Crippen molar-refractivity contribution in [3.05, 3.63) is 0 Å². The molecule has 0 heterocycles. The van der Waals surface area contributed by atoms with Gasteiger partial charge in [0.2, 0.25) is 0 Å². The van der Waals surface area contributed by atoms with E-state index in [-0.39, 0.29) is 17.4 Å². The van der Waals surface area contributed by atoms with Crippen LogP contribution in [0.2, 0.25) is 5.04 Å². The number of unbranched alkanes of at least 4 members (excludes halogenated alkanes) is 14. The highest BCUT2D eigenvalue weighted by atomic mass is 35.5. The van der Waals surface area contributed by atoms with Crippen LogP contribution in [0.15, 0.2) is 0 Å². The van der Waals surface area contributed by atoms with Crippen LogP contribution >= 0.6 is 12.4 Å². The predicted molar refractivity (Wildman–Crippen MR) is 150 cm³/mol. The highest BCUT2D eigenvalue weighted by Crippen LogP contribution is 2.51. The van der Waals surface area contributed by atoms with Gasteiger partial charge in [0.15, 0.2) is 0 Å². The maximum atomic E-state index is 6.11. The first-order valence-corrected chi connectivity index (χ1v) is 15.6. The van der Waals surface area contributed by atoms with Gasteiger partial charge in [-0.05, 0) is 32.9 Å². The zero-order valence-corrected chi connectivity index (χ0v) is 25.1. The van der Waals surface area contributed by atoms with Crippen LogP contribution in [0.3, 0.4) is 0 Å². The fourth-order valence-corrected chi connectivity index (χ4v) is 8.49. The Morgan fingerprint density at radius 3 is 1.18 bits per heavy atom. The van der Waals surface area contributed by atoms with Gasteiger partial charge in [-0.25, -0.2) is 0 Å². The highest BCUT2D eigenvalue weighted by Gasteiger charge is 2.58.